The van der Waals surface area contributed by atoms with Crippen LogP contribution in [0, 0.1) is 0 Å². The quantitative estimate of drug-likeness (QED) is 0.327. The second kappa shape index (κ2) is 9.19. The molecule has 2 heterocycles. The van der Waals surface area contributed by atoms with Gasteiger partial charge in [0.05, 0.1) is 23.4 Å². The van der Waals surface area contributed by atoms with E-state index in [1.165, 1.54) is 6.07 Å². The number of nitrogens with one attached hydrogen (secondary N) is 1. The van der Waals surface area contributed by atoms with E-state index in [1.54, 1.807) is 71.5 Å². The minimum atomic E-state index is -0.500. The van der Waals surface area contributed by atoms with Crippen LogP contribution in [0.5, 0.6) is 0 Å². The summed E-state index contributed by atoms with van der Waals surface area (Å²) in [7, 11) is 0. The van der Waals surface area contributed by atoms with Gasteiger partial charge in [-0.1, -0.05) is 59.1 Å². The number of fused-ring (bicyclic) bond motifs is 1. The lowest BCUT2D eigenvalue weighted by Gasteiger charge is -2.15. The first-order valence-corrected chi connectivity index (χ1v) is 11.5. The van der Waals surface area contributed by atoms with Crippen molar-refractivity contribution < 1.29 is 14.4 Å². The molecule has 3 amide bonds. The molecule has 35 heavy (non-hydrogen) atoms. The number of halogens is 3. The molecule has 0 bridgehead atoms. The van der Waals surface area contributed by atoms with Crippen molar-refractivity contribution in [3.05, 3.63) is 110 Å². The molecule has 0 fully saturated rings. The van der Waals surface area contributed by atoms with Crippen molar-refractivity contribution in [2.75, 3.05) is 10.2 Å². The minimum Gasteiger partial charge on any atom is -0.304 e. The predicted molar refractivity (Wildman–Crippen MR) is 135 cm³/mol. The van der Waals surface area contributed by atoms with Crippen LogP contribution in [-0.4, -0.2) is 27.5 Å². The molecule has 5 rings (SSSR count). The van der Waals surface area contributed by atoms with Crippen LogP contribution < -0.4 is 10.2 Å². The number of amides is 3. The Kier molecular flexibility index (Phi) is 6.06. The van der Waals surface area contributed by atoms with Gasteiger partial charge in [0.15, 0.2) is 5.82 Å². The fraction of sp³-hybridized carbons (Fsp3) is 0.0400. The summed E-state index contributed by atoms with van der Waals surface area (Å²) < 4.78 is 1.54. The summed E-state index contributed by atoms with van der Waals surface area (Å²) in [6, 6.07) is 17.9. The van der Waals surface area contributed by atoms with E-state index in [4.69, 9.17) is 34.8 Å². The molecule has 0 radical (unpaired) electrons. The molecule has 10 heteroatoms. The van der Waals surface area contributed by atoms with Gasteiger partial charge in [-0.05, 0) is 48.0 Å². The number of anilines is 2. The van der Waals surface area contributed by atoms with E-state index in [1.807, 2.05) is 0 Å². The average molecular weight is 526 g/mol. The Morgan fingerprint density at radius 1 is 0.857 bits per heavy atom. The Hall–Kier alpha value is -3.65. The highest BCUT2D eigenvalue weighted by atomic mass is 35.5. The zero-order chi connectivity index (χ0) is 24.7. The summed E-state index contributed by atoms with van der Waals surface area (Å²) in [6.45, 7) is 0.320. The van der Waals surface area contributed by atoms with Gasteiger partial charge in [0.1, 0.15) is 5.02 Å². The summed E-state index contributed by atoms with van der Waals surface area (Å²) in [5, 5.41) is 8.24. The Morgan fingerprint density at radius 3 is 2.26 bits per heavy atom. The molecule has 0 saturated carbocycles. The molecular weight excluding hydrogens is 511 g/mol. The Bertz CT molecular complexity index is 1480. The SMILES string of the molecule is O=C(Nc1nn(Cc2ccc(Cl)cc2Cl)cc1Cl)c1cccc(N2C(=O)c3ccccc3C2=O)c1. The molecule has 1 aromatic heterocycles. The van der Waals surface area contributed by atoms with Crippen LogP contribution in [0.4, 0.5) is 11.5 Å². The van der Waals surface area contributed by atoms with Crippen molar-refractivity contribution in [1.29, 1.82) is 0 Å². The van der Waals surface area contributed by atoms with Gasteiger partial charge in [-0.25, -0.2) is 4.90 Å². The van der Waals surface area contributed by atoms with E-state index in [0.717, 1.165) is 10.5 Å². The number of imide groups is 1. The molecule has 0 saturated heterocycles. The van der Waals surface area contributed by atoms with Crippen molar-refractivity contribution in [3.63, 3.8) is 0 Å². The Morgan fingerprint density at radius 2 is 1.57 bits per heavy atom. The first-order valence-electron chi connectivity index (χ1n) is 10.4. The van der Waals surface area contributed by atoms with Gasteiger partial charge in [0.25, 0.3) is 17.7 Å². The fourth-order valence-electron chi connectivity index (χ4n) is 3.78. The zero-order valence-corrected chi connectivity index (χ0v) is 20.1. The highest BCUT2D eigenvalue weighted by Gasteiger charge is 2.36. The highest BCUT2D eigenvalue weighted by Crippen LogP contribution is 2.29. The predicted octanol–water partition coefficient (Wildman–Crippen LogP) is 5.94. The number of carbonyl (C=O) groups is 3. The van der Waals surface area contributed by atoms with Crippen molar-refractivity contribution >= 4 is 64.0 Å². The van der Waals surface area contributed by atoms with Crippen LogP contribution in [-0.2, 0) is 6.54 Å². The van der Waals surface area contributed by atoms with E-state index in [9.17, 15) is 14.4 Å². The minimum absolute atomic E-state index is 0.160. The lowest BCUT2D eigenvalue weighted by atomic mass is 10.1. The number of aromatic nitrogens is 2. The van der Waals surface area contributed by atoms with Gasteiger partial charge in [-0.15, -0.1) is 0 Å². The molecule has 1 N–H and O–H groups in total. The van der Waals surface area contributed by atoms with Crippen molar-refractivity contribution in [3.8, 4) is 0 Å². The molecule has 1 aliphatic rings. The third-order valence-electron chi connectivity index (χ3n) is 5.46. The molecule has 4 aromatic rings. The number of nitrogens with zero attached hydrogens (tertiary/aromatic N) is 3. The third kappa shape index (κ3) is 4.41. The largest absolute Gasteiger partial charge is 0.304 e. The van der Waals surface area contributed by atoms with Gasteiger partial charge in [0, 0.05) is 21.8 Å². The molecule has 7 nitrogen and oxygen atoms in total. The van der Waals surface area contributed by atoms with Crippen LogP contribution >= 0.6 is 34.8 Å². The topological polar surface area (TPSA) is 84.3 Å². The molecule has 0 spiro atoms. The molecule has 174 valence electrons. The van der Waals surface area contributed by atoms with Gasteiger partial charge < -0.3 is 5.32 Å². The number of hydrogen-bond donors (Lipinski definition) is 1. The van der Waals surface area contributed by atoms with Crippen LogP contribution in [0.1, 0.15) is 36.6 Å². The fourth-order valence-corrected chi connectivity index (χ4v) is 4.44. The standard InChI is InChI=1S/C25H15Cl3N4O3/c26-16-9-8-15(20(27)11-16)12-31-13-21(28)22(30-31)29-23(33)14-4-3-5-17(10-14)32-24(34)18-6-1-2-7-19(18)25(32)35/h1-11,13H,12H2,(H,29,30,33). The van der Waals surface area contributed by atoms with Crippen molar-refractivity contribution in [1.82, 2.24) is 9.78 Å². The van der Waals surface area contributed by atoms with E-state index < -0.39 is 17.7 Å². The van der Waals surface area contributed by atoms with Crippen LogP contribution in [0.25, 0.3) is 0 Å². The van der Waals surface area contributed by atoms with Gasteiger partial charge >= 0.3 is 0 Å². The van der Waals surface area contributed by atoms with Gasteiger partial charge in [-0.3, -0.25) is 19.1 Å². The van der Waals surface area contributed by atoms with Gasteiger partial charge in [0.2, 0.25) is 0 Å². The second-order valence-electron chi connectivity index (χ2n) is 7.75. The Balaban J connectivity index is 1.35. The normalized spacial score (nSPS) is 12.7. The van der Waals surface area contributed by atoms with E-state index in [0.29, 0.717) is 27.7 Å². The van der Waals surface area contributed by atoms with Gasteiger partial charge in [-0.2, -0.15) is 5.10 Å². The van der Waals surface area contributed by atoms with Crippen molar-refractivity contribution in [2.45, 2.75) is 6.54 Å². The third-order valence-corrected chi connectivity index (χ3v) is 6.32. The summed E-state index contributed by atoms with van der Waals surface area (Å²) in [6.07, 6.45) is 1.57. The lowest BCUT2D eigenvalue weighted by Crippen LogP contribution is -2.29. The van der Waals surface area contributed by atoms with E-state index in [2.05, 4.69) is 10.4 Å². The highest BCUT2D eigenvalue weighted by molar-refractivity contribution is 6.35. The zero-order valence-electron chi connectivity index (χ0n) is 17.8. The average Bonchev–Trinajstić information content (AvgIpc) is 3.31. The first-order chi connectivity index (χ1) is 16.8. The van der Waals surface area contributed by atoms with Crippen molar-refractivity contribution in [2.24, 2.45) is 0 Å². The number of hydrogen-bond acceptors (Lipinski definition) is 4. The lowest BCUT2D eigenvalue weighted by molar-refractivity contribution is 0.0924. The Labute approximate surface area is 214 Å². The van der Waals surface area contributed by atoms with E-state index >= 15 is 0 Å². The molecule has 0 unspecified atom stereocenters. The van der Waals surface area contributed by atoms with Crippen LogP contribution in [0.3, 0.4) is 0 Å². The molecule has 3 aromatic carbocycles. The molecule has 0 aliphatic carbocycles. The maximum atomic E-state index is 12.9. The number of benzene rings is 3. The molecule has 1 aliphatic heterocycles. The smallest absolute Gasteiger partial charge is 0.266 e. The maximum Gasteiger partial charge on any atom is 0.266 e. The van der Waals surface area contributed by atoms with Crippen LogP contribution in [0.2, 0.25) is 15.1 Å². The summed E-state index contributed by atoms with van der Waals surface area (Å²) in [5.74, 6) is -1.22. The number of rotatable bonds is 5. The summed E-state index contributed by atoms with van der Waals surface area (Å²) in [5.41, 5.74) is 1.95. The molecule has 0 atom stereocenters. The van der Waals surface area contributed by atoms with Crippen LogP contribution in [0.15, 0.2) is 72.9 Å². The summed E-state index contributed by atoms with van der Waals surface area (Å²) in [4.78, 5) is 39.5. The summed E-state index contributed by atoms with van der Waals surface area (Å²) >= 11 is 18.5. The van der Waals surface area contributed by atoms with E-state index in [-0.39, 0.29) is 22.1 Å². The second-order valence-corrected chi connectivity index (χ2v) is 9.01. The maximum absolute atomic E-state index is 12.9. The molecular formula is C25H15Cl3N4O3. The number of carbonyl (C=O) groups excluding carboxylic acids is 3. The monoisotopic (exact) mass is 524 g/mol. The first kappa shape index (κ1) is 23.1.